The summed E-state index contributed by atoms with van der Waals surface area (Å²) in [4.78, 5) is 47.9. The molecule has 4 heterocycles. The van der Waals surface area contributed by atoms with Crippen LogP contribution < -0.4 is 5.32 Å². The maximum Gasteiger partial charge on any atom is 0.410 e. The fraction of sp³-hybridized carbons (Fsp3) is 0.500. The Labute approximate surface area is 252 Å². The first-order valence-corrected chi connectivity index (χ1v) is 15.3. The number of benzene rings is 2. The van der Waals surface area contributed by atoms with Crippen molar-refractivity contribution in [3.63, 3.8) is 0 Å². The standard InChI is InChI=1S/C32H41N7O4/c1-36(2)25-10-14-37(15-11-25)30(40)29(20-22-7-8-28-24(19-22)21-33-35-28)43-32(42)38-16-12-26(13-17-38)39-18-9-23-5-3-4-6-27(23)34-31(39)41/h3-8,19,21,25-26,29H,9-18,20H2,1-2H3,(H,33,35)(H,34,41)/t29-/m1/s1. The summed E-state index contributed by atoms with van der Waals surface area (Å²) in [6.07, 6.45) is 4.55. The van der Waals surface area contributed by atoms with Crippen LogP contribution in [0.15, 0.2) is 48.7 Å². The van der Waals surface area contributed by atoms with Crippen LogP contribution in [0.1, 0.15) is 36.8 Å². The van der Waals surface area contributed by atoms with Crippen molar-refractivity contribution in [3.05, 3.63) is 59.8 Å². The van der Waals surface area contributed by atoms with Crippen LogP contribution in [0.5, 0.6) is 0 Å². The van der Waals surface area contributed by atoms with Gasteiger partial charge in [-0.25, -0.2) is 9.59 Å². The van der Waals surface area contributed by atoms with E-state index in [1.54, 1.807) is 11.1 Å². The van der Waals surface area contributed by atoms with Gasteiger partial charge in [0.05, 0.1) is 11.7 Å². The molecule has 2 saturated heterocycles. The minimum absolute atomic E-state index is 0.0375. The average Bonchev–Trinajstić information content (AvgIpc) is 3.42. The number of aromatic nitrogens is 2. The van der Waals surface area contributed by atoms with E-state index in [4.69, 9.17) is 4.74 Å². The summed E-state index contributed by atoms with van der Waals surface area (Å²) in [5.41, 5.74) is 3.83. The van der Waals surface area contributed by atoms with Gasteiger partial charge in [-0.2, -0.15) is 5.10 Å². The van der Waals surface area contributed by atoms with Gasteiger partial charge < -0.3 is 29.7 Å². The van der Waals surface area contributed by atoms with E-state index in [0.29, 0.717) is 58.0 Å². The summed E-state index contributed by atoms with van der Waals surface area (Å²) in [7, 11) is 4.14. The lowest BCUT2D eigenvalue weighted by Gasteiger charge is -2.38. The molecule has 0 unspecified atom stereocenters. The van der Waals surface area contributed by atoms with Crippen LogP contribution in [0.2, 0.25) is 0 Å². The van der Waals surface area contributed by atoms with Crippen molar-refractivity contribution in [1.29, 1.82) is 0 Å². The van der Waals surface area contributed by atoms with Crippen LogP contribution in [0.25, 0.3) is 10.9 Å². The van der Waals surface area contributed by atoms with Crippen molar-refractivity contribution in [2.45, 2.75) is 56.7 Å². The molecular formula is C32H41N7O4. The Balaban J connectivity index is 1.10. The van der Waals surface area contributed by atoms with Crippen LogP contribution in [-0.4, -0.2) is 113 Å². The number of amides is 4. The van der Waals surface area contributed by atoms with Gasteiger partial charge in [-0.15, -0.1) is 0 Å². The minimum atomic E-state index is -0.916. The van der Waals surface area contributed by atoms with Crippen LogP contribution in [0, 0.1) is 0 Å². The highest BCUT2D eigenvalue weighted by molar-refractivity contribution is 5.91. The summed E-state index contributed by atoms with van der Waals surface area (Å²) in [5, 5.41) is 11.0. The molecule has 0 spiro atoms. The molecule has 1 aromatic heterocycles. The van der Waals surface area contributed by atoms with E-state index in [1.165, 1.54) is 0 Å². The van der Waals surface area contributed by atoms with Gasteiger partial charge in [0, 0.05) is 62.3 Å². The van der Waals surface area contributed by atoms with E-state index in [0.717, 1.165) is 47.0 Å². The third-order valence-corrected chi connectivity index (χ3v) is 9.26. The number of hydrogen-bond donors (Lipinski definition) is 2. The third-order valence-electron chi connectivity index (χ3n) is 9.26. The number of fused-ring (bicyclic) bond motifs is 2. The number of ether oxygens (including phenoxy) is 1. The largest absolute Gasteiger partial charge is 0.436 e. The number of nitrogens with one attached hydrogen (secondary N) is 2. The quantitative estimate of drug-likeness (QED) is 0.455. The summed E-state index contributed by atoms with van der Waals surface area (Å²) < 4.78 is 6.01. The Hall–Kier alpha value is -4.12. The minimum Gasteiger partial charge on any atom is -0.436 e. The van der Waals surface area contributed by atoms with Gasteiger partial charge in [0.2, 0.25) is 0 Å². The molecule has 3 aliphatic rings. The van der Waals surface area contributed by atoms with Crippen molar-refractivity contribution in [2.24, 2.45) is 0 Å². The number of H-pyrrole nitrogens is 1. The molecule has 2 aromatic carbocycles. The third kappa shape index (κ3) is 6.46. The monoisotopic (exact) mass is 587 g/mol. The number of carbonyl (C=O) groups excluding carboxylic acids is 3. The number of carbonyl (C=O) groups is 3. The molecule has 11 heteroatoms. The molecule has 0 radical (unpaired) electrons. The first-order valence-electron chi connectivity index (χ1n) is 15.3. The second kappa shape index (κ2) is 12.6. The lowest BCUT2D eigenvalue weighted by molar-refractivity contribution is -0.142. The molecule has 11 nitrogen and oxygen atoms in total. The molecule has 0 bridgehead atoms. The molecule has 3 aromatic rings. The second-order valence-corrected chi connectivity index (χ2v) is 12.1. The first kappa shape index (κ1) is 29.0. The van der Waals surface area contributed by atoms with Crippen molar-refractivity contribution in [1.82, 2.24) is 29.8 Å². The van der Waals surface area contributed by atoms with Gasteiger partial charge in [0.15, 0.2) is 6.10 Å². The van der Waals surface area contributed by atoms with Crippen LogP contribution in [0.4, 0.5) is 15.3 Å². The zero-order chi connectivity index (χ0) is 29.9. The predicted molar refractivity (Wildman–Crippen MR) is 164 cm³/mol. The van der Waals surface area contributed by atoms with E-state index in [1.807, 2.05) is 52.3 Å². The molecule has 228 valence electrons. The lowest BCUT2D eigenvalue weighted by Crippen LogP contribution is -2.52. The Morgan fingerprint density at radius 3 is 2.51 bits per heavy atom. The van der Waals surface area contributed by atoms with E-state index in [9.17, 15) is 14.4 Å². The molecule has 6 rings (SSSR count). The Morgan fingerprint density at radius 2 is 1.74 bits per heavy atom. The molecule has 2 fully saturated rings. The maximum atomic E-state index is 13.8. The van der Waals surface area contributed by atoms with Gasteiger partial charge >= 0.3 is 12.1 Å². The normalized spacial score (nSPS) is 19.2. The SMILES string of the molecule is CN(C)C1CCN(C(=O)[C@@H](Cc2ccc3[nH]ncc3c2)OC(=O)N2CCC(N3CCc4ccccc4NC3=O)CC2)CC1. The van der Waals surface area contributed by atoms with Gasteiger partial charge in [-0.05, 0) is 75.5 Å². The van der Waals surface area contributed by atoms with Crippen LogP contribution in [-0.2, 0) is 22.4 Å². The highest BCUT2D eigenvalue weighted by Crippen LogP contribution is 2.26. The number of aromatic amines is 1. The predicted octanol–water partition coefficient (Wildman–Crippen LogP) is 3.72. The number of urea groups is 1. The van der Waals surface area contributed by atoms with E-state index >= 15 is 0 Å². The number of para-hydroxylation sites is 1. The highest BCUT2D eigenvalue weighted by atomic mass is 16.6. The topological polar surface area (TPSA) is 114 Å². The summed E-state index contributed by atoms with van der Waals surface area (Å²) in [6, 6.07) is 14.2. The van der Waals surface area contributed by atoms with Crippen LogP contribution >= 0.6 is 0 Å². The number of hydrogen-bond acceptors (Lipinski definition) is 6. The van der Waals surface area contributed by atoms with Crippen molar-refractivity contribution >= 4 is 34.6 Å². The molecular weight excluding hydrogens is 546 g/mol. The fourth-order valence-electron chi connectivity index (χ4n) is 6.61. The van der Waals surface area contributed by atoms with Crippen molar-refractivity contribution < 1.29 is 19.1 Å². The van der Waals surface area contributed by atoms with Gasteiger partial charge in [0.1, 0.15) is 0 Å². The number of likely N-dealkylation sites (tertiary alicyclic amines) is 2. The number of nitrogens with zero attached hydrogens (tertiary/aromatic N) is 5. The smallest absolute Gasteiger partial charge is 0.410 e. The molecule has 43 heavy (non-hydrogen) atoms. The zero-order valence-corrected chi connectivity index (χ0v) is 25.0. The zero-order valence-electron chi connectivity index (χ0n) is 25.0. The Morgan fingerprint density at radius 1 is 1.00 bits per heavy atom. The van der Waals surface area contributed by atoms with Gasteiger partial charge in [-0.1, -0.05) is 24.3 Å². The average molecular weight is 588 g/mol. The van der Waals surface area contributed by atoms with Crippen molar-refractivity contribution in [3.8, 4) is 0 Å². The lowest BCUT2D eigenvalue weighted by atomic mass is 10.0. The summed E-state index contributed by atoms with van der Waals surface area (Å²) in [5.74, 6) is -0.145. The number of anilines is 1. The molecule has 0 aliphatic carbocycles. The first-order chi connectivity index (χ1) is 20.9. The Bertz CT molecular complexity index is 1460. The maximum absolute atomic E-state index is 13.8. The van der Waals surface area contributed by atoms with E-state index in [-0.39, 0.29) is 18.0 Å². The van der Waals surface area contributed by atoms with E-state index < -0.39 is 12.2 Å². The Kier molecular flexibility index (Phi) is 8.51. The molecule has 2 N–H and O–H groups in total. The van der Waals surface area contributed by atoms with Gasteiger partial charge in [-0.3, -0.25) is 9.89 Å². The number of rotatable bonds is 6. The fourth-order valence-corrected chi connectivity index (χ4v) is 6.61. The molecule has 0 saturated carbocycles. The van der Waals surface area contributed by atoms with E-state index in [2.05, 4.69) is 34.5 Å². The number of piperidine rings is 2. The van der Waals surface area contributed by atoms with Crippen LogP contribution in [0.3, 0.4) is 0 Å². The molecule has 4 amide bonds. The highest BCUT2D eigenvalue weighted by Gasteiger charge is 2.35. The second-order valence-electron chi connectivity index (χ2n) is 12.1. The molecule has 3 aliphatic heterocycles. The summed E-state index contributed by atoms with van der Waals surface area (Å²) >= 11 is 0. The van der Waals surface area contributed by atoms with Crippen molar-refractivity contribution in [2.75, 3.05) is 52.1 Å². The summed E-state index contributed by atoms with van der Waals surface area (Å²) in [6.45, 7) is 2.86. The molecule has 1 atom stereocenters. The van der Waals surface area contributed by atoms with Gasteiger partial charge in [0.25, 0.3) is 5.91 Å².